The summed E-state index contributed by atoms with van der Waals surface area (Å²) in [7, 11) is 0. The van der Waals surface area contributed by atoms with Crippen LogP contribution in [0.5, 0.6) is 0 Å². The number of pyridine rings is 1. The molecule has 0 unspecified atom stereocenters. The summed E-state index contributed by atoms with van der Waals surface area (Å²) in [6, 6.07) is 6.12. The van der Waals surface area contributed by atoms with E-state index in [1.807, 2.05) is 18.2 Å². The van der Waals surface area contributed by atoms with Gasteiger partial charge in [-0.05, 0) is 56.2 Å². The van der Waals surface area contributed by atoms with Crippen LogP contribution in [0.15, 0.2) is 43.0 Å². The van der Waals surface area contributed by atoms with Gasteiger partial charge in [0.1, 0.15) is 11.4 Å². The molecule has 0 radical (unpaired) electrons. The molecule has 0 saturated heterocycles. The van der Waals surface area contributed by atoms with E-state index >= 15 is 0 Å². The van der Waals surface area contributed by atoms with Crippen LogP contribution in [0.2, 0.25) is 0 Å². The molecule has 3 N–H and O–H groups in total. The highest BCUT2D eigenvalue weighted by Gasteiger charge is 2.29. The highest BCUT2D eigenvalue weighted by atomic mass is 16.2. The Morgan fingerprint density at radius 3 is 2.51 bits per heavy atom. The maximum Gasteiger partial charge on any atom is 0.256 e. The van der Waals surface area contributed by atoms with E-state index in [2.05, 4.69) is 31.0 Å². The Balaban J connectivity index is 1.15. The predicted octanol–water partition coefficient (Wildman–Crippen LogP) is 3.47. The van der Waals surface area contributed by atoms with Crippen molar-refractivity contribution in [3.63, 3.8) is 0 Å². The molecule has 0 aliphatic heterocycles. The molecule has 3 aromatic rings. The predicted molar refractivity (Wildman–Crippen MR) is 133 cm³/mol. The summed E-state index contributed by atoms with van der Waals surface area (Å²) >= 11 is 0. The van der Waals surface area contributed by atoms with Gasteiger partial charge in [0, 0.05) is 43.1 Å². The number of hydrogen-bond acceptors (Lipinski definition) is 6. The smallest absolute Gasteiger partial charge is 0.256 e. The highest BCUT2D eigenvalue weighted by Crippen LogP contribution is 2.26. The lowest BCUT2D eigenvalue weighted by molar-refractivity contribution is -0.127. The lowest BCUT2D eigenvalue weighted by atomic mass is 9.84. The van der Waals surface area contributed by atoms with Crippen LogP contribution < -0.4 is 16.0 Å². The summed E-state index contributed by atoms with van der Waals surface area (Å²) in [5.41, 5.74) is 2.01. The van der Waals surface area contributed by atoms with Crippen molar-refractivity contribution < 1.29 is 9.59 Å². The quantitative estimate of drug-likeness (QED) is 0.482. The van der Waals surface area contributed by atoms with Crippen molar-refractivity contribution in [2.24, 2.45) is 5.92 Å². The van der Waals surface area contributed by atoms with E-state index in [1.165, 1.54) is 19.3 Å². The second-order valence-corrected chi connectivity index (χ2v) is 9.72. The van der Waals surface area contributed by atoms with Gasteiger partial charge in [-0.25, -0.2) is 9.50 Å². The number of anilines is 1. The van der Waals surface area contributed by atoms with E-state index in [9.17, 15) is 9.59 Å². The van der Waals surface area contributed by atoms with Crippen molar-refractivity contribution in [2.45, 2.75) is 76.4 Å². The number of carbonyl (C=O) groups excluding carboxylic acids is 2. The second-order valence-electron chi connectivity index (χ2n) is 9.72. The van der Waals surface area contributed by atoms with Crippen LogP contribution in [0.3, 0.4) is 0 Å². The molecule has 9 nitrogen and oxygen atoms in total. The molecule has 0 bridgehead atoms. The zero-order valence-corrected chi connectivity index (χ0v) is 19.9. The number of aromatic nitrogens is 4. The van der Waals surface area contributed by atoms with E-state index in [-0.39, 0.29) is 23.8 Å². The summed E-state index contributed by atoms with van der Waals surface area (Å²) in [6.45, 7) is 0.588. The topological polar surface area (TPSA) is 113 Å². The average Bonchev–Trinajstić information content (AvgIpc) is 3.32. The van der Waals surface area contributed by atoms with Crippen LogP contribution in [-0.4, -0.2) is 43.5 Å². The Morgan fingerprint density at radius 2 is 1.74 bits per heavy atom. The van der Waals surface area contributed by atoms with Crippen molar-refractivity contribution in [2.75, 3.05) is 5.32 Å². The molecule has 2 aliphatic carbocycles. The molecule has 2 aliphatic rings. The molecule has 2 fully saturated rings. The Bertz CT molecular complexity index is 1150. The van der Waals surface area contributed by atoms with E-state index < -0.39 is 0 Å². The summed E-state index contributed by atoms with van der Waals surface area (Å²) in [4.78, 5) is 34.5. The van der Waals surface area contributed by atoms with Gasteiger partial charge >= 0.3 is 0 Å². The minimum Gasteiger partial charge on any atom is -0.366 e. The fourth-order valence-electron chi connectivity index (χ4n) is 5.15. The molecule has 184 valence electrons. The van der Waals surface area contributed by atoms with Crippen LogP contribution in [0, 0.1) is 5.92 Å². The first-order valence-corrected chi connectivity index (χ1v) is 12.7. The van der Waals surface area contributed by atoms with Crippen LogP contribution in [0.4, 0.5) is 5.82 Å². The molecule has 35 heavy (non-hydrogen) atoms. The summed E-state index contributed by atoms with van der Waals surface area (Å²) in [6.07, 6.45) is 16.0. The van der Waals surface area contributed by atoms with E-state index in [1.54, 1.807) is 29.3 Å². The summed E-state index contributed by atoms with van der Waals surface area (Å²) < 4.78 is 1.61. The van der Waals surface area contributed by atoms with Gasteiger partial charge in [-0.3, -0.25) is 14.6 Å². The van der Waals surface area contributed by atoms with Crippen LogP contribution in [0.1, 0.15) is 73.7 Å². The minimum atomic E-state index is -0.174. The van der Waals surface area contributed by atoms with Gasteiger partial charge in [0.05, 0.1) is 6.20 Å². The highest BCUT2D eigenvalue weighted by molar-refractivity contribution is 6.00. The standard InChI is InChI=1S/C26H33N7O2/c34-25(30-20-6-2-1-3-7-20)19-8-10-21(11-9-19)31-26(35)22-17-29-33-14-12-23(32-24(22)33)28-16-18-5-4-13-27-15-18/h4-5,12-15,17,19-21H,1-3,6-11,16H2,(H,28,32)(H,30,34)(H,31,35). The third kappa shape index (κ3) is 5.78. The zero-order chi connectivity index (χ0) is 24.0. The molecule has 2 amide bonds. The fourth-order valence-corrected chi connectivity index (χ4v) is 5.15. The van der Waals surface area contributed by atoms with Crippen molar-refractivity contribution in [3.8, 4) is 0 Å². The molecule has 3 aromatic heterocycles. The Kier molecular flexibility index (Phi) is 7.20. The summed E-state index contributed by atoms with van der Waals surface area (Å²) in [5.74, 6) is 0.740. The van der Waals surface area contributed by atoms with Gasteiger partial charge < -0.3 is 16.0 Å². The normalized spacial score (nSPS) is 20.9. The molecule has 0 aromatic carbocycles. The van der Waals surface area contributed by atoms with Crippen molar-refractivity contribution in [1.29, 1.82) is 0 Å². The average molecular weight is 476 g/mol. The number of fused-ring (bicyclic) bond motifs is 1. The van der Waals surface area contributed by atoms with Crippen molar-refractivity contribution >= 4 is 23.3 Å². The third-order valence-corrected chi connectivity index (χ3v) is 7.19. The van der Waals surface area contributed by atoms with E-state index in [0.29, 0.717) is 29.6 Å². The minimum absolute atomic E-state index is 0.0529. The molecule has 5 rings (SSSR count). The first kappa shape index (κ1) is 23.3. The third-order valence-electron chi connectivity index (χ3n) is 7.19. The molecule has 3 heterocycles. The molecule has 2 saturated carbocycles. The monoisotopic (exact) mass is 475 g/mol. The first-order chi connectivity index (χ1) is 17.2. The van der Waals surface area contributed by atoms with Gasteiger partial charge in [-0.15, -0.1) is 0 Å². The van der Waals surface area contributed by atoms with Gasteiger partial charge in [-0.1, -0.05) is 25.3 Å². The van der Waals surface area contributed by atoms with Gasteiger partial charge in [0.25, 0.3) is 5.91 Å². The number of hydrogen-bond donors (Lipinski definition) is 3. The zero-order valence-electron chi connectivity index (χ0n) is 19.9. The number of carbonyl (C=O) groups is 2. The first-order valence-electron chi connectivity index (χ1n) is 12.7. The Labute approximate surface area is 205 Å². The molecular weight excluding hydrogens is 442 g/mol. The number of amides is 2. The van der Waals surface area contributed by atoms with Crippen LogP contribution in [0.25, 0.3) is 5.65 Å². The number of rotatable bonds is 7. The van der Waals surface area contributed by atoms with Gasteiger partial charge in [-0.2, -0.15) is 5.10 Å². The molecular formula is C26H33N7O2. The lowest BCUT2D eigenvalue weighted by Gasteiger charge is -2.30. The lowest BCUT2D eigenvalue weighted by Crippen LogP contribution is -2.43. The van der Waals surface area contributed by atoms with Gasteiger partial charge in [0.2, 0.25) is 5.91 Å². The van der Waals surface area contributed by atoms with Crippen molar-refractivity contribution in [3.05, 3.63) is 54.1 Å². The second kappa shape index (κ2) is 10.8. The Hall–Kier alpha value is -3.49. The van der Waals surface area contributed by atoms with Crippen molar-refractivity contribution in [1.82, 2.24) is 30.2 Å². The number of nitrogens with one attached hydrogen (secondary N) is 3. The van der Waals surface area contributed by atoms with Crippen LogP contribution in [-0.2, 0) is 11.3 Å². The maximum absolute atomic E-state index is 13.0. The largest absolute Gasteiger partial charge is 0.366 e. The van der Waals surface area contributed by atoms with Crippen LogP contribution >= 0.6 is 0 Å². The van der Waals surface area contributed by atoms with E-state index in [4.69, 9.17) is 0 Å². The summed E-state index contributed by atoms with van der Waals surface area (Å²) in [5, 5.41) is 14.0. The number of nitrogens with zero attached hydrogens (tertiary/aromatic N) is 4. The molecule has 9 heteroatoms. The fraction of sp³-hybridized carbons (Fsp3) is 0.500. The SMILES string of the molecule is O=C(NC1CCC(C(=O)NC2CCCCC2)CC1)c1cnn2ccc(NCc3cccnc3)nc12. The maximum atomic E-state index is 13.0. The Morgan fingerprint density at radius 1 is 0.943 bits per heavy atom. The molecule has 0 atom stereocenters. The van der Waals surface area contributed by atoms with Gasteiger partial charge in [0.15, 0.2) is 5.65 Å². The molecule has 0 spiro atoms. The van der Waals surface area contributed by atoms with E-state index in [0.717, 1.165) is 44.1 Å².